The molecule has 0 atom stereocenters. The van der Waals surface area contributed by atoms with Gasteiger partial charge in [-0.25, -0.2) is 4.79 Å². The summed E-state index contributed by atoms with van der Waals surface area (Å²) in [6.07, 6.45) is 1.39. The number of rotatable bonds is 6. The topological polar surface area (TPSA) is 61.8 Å². The predicted molar refractivity (Wildman–Crippen MR) is 81.7 cm³/mol. The summed E-state index contributed by atoms with van der Waals surface area (Å²) in [6.45, 7) is 1.50. The van der Waals surface area contributed by atoms with Crippen molar-refractivity contribution < 1.29 is 14.6 Å². The highest BCUT2D eigenvalue weighted by Crippen LogP contribution is 2.27. The number of amides is 2. The van der Waals surface area contributed by atoms with E-state index in [4.69, 9.17) is 16.3 Å². The smallest absolute Gasteiger partial charge is 0.317 e. The van der Waals surface area contributed by atoms with Gasteiger partial charge in [0.25, 0.3) is 0 Å². The highest BCUT2D eigenvalue weighted by atomic mass is 35.5. The van der Waals surface area contributed by atoms with Crippen LogP contribution >= 0.6 is 11.6 Å². The number of carbonyl (C=O) groups is 1. The van der Waals surface area contributed by atoms with Gasteiger partial charge in [0.1, 0.15) is 12.4 Å². The molecule has 1 aliphatic carbocycles. The Morgan fingerprint density at radius 2 is 2.29 bits per heavy atom. The van der Waals surface area contributed by atoms with E-state index in [-0.39, 0.29) is 12.1 Å². The molecule has 0 spiro atoms. The Labute approximate surface area is 129 Å². The van der Waals surface area contributed by atoms with Crippen LogP contribution in [-0.4, -0.2) is 48.9 Å². The molecule has 0 aromatic heterocycles. The molecule has 0 saturated heterocycles. The Balaban J connectivity index is 1.60. The van der Waals surface area contributed by atoms with Gasteiger partial charge in [-0.15, -0.1) is 0 Å². The number of nitrogens with one attached hydrogen (secondary N) is 1. The normalized spacial score (nSPS) is 20.5. The number of nitrogens with zero attached hydrogens (tertiary/aromatic N) is 1. The molecule has 0 radical (unpaired) electrons. The average Bonchev–Trinajstić information content (AvgIpc) is 2.41. The molecular weight excluding hydrogens is 292 g/mol. The van der Waals surface area contributed by atoms with Crippen LogP contribution in [0.2, 0.25) is 5.02 Å². The molecule has 2 N–H and O–H groups in total. The lowest BCUT2D eigenvalue weighted by molar-refractivity contribution is 0.0325. The highest BCUT2D eigenvalue weighted by Gasteiger charge is 2.28. The number of aliphatic hydroxyl groups is 1. The van der Waals surface area contributed by atoms with Crippen molar-refractivity contribution in [3.63, 3.8) is 0 Å². The van der Waals surface area contributed by atoms with Crippen molar-refractivity contribution in [1.29, 1.82) is 0 Å². The Hall–Kier alpha value is -1.46. The molecular formula is C15H21ClN2O3. The van der Waals surface area contributed by atoms with Crippen molar-refractivity contribution in [2.75, 3.05) is 26.7 Å². The van der Waals surface area contributed by atoms with Crippen molar-refractivity contribution >= 4 is 17.6 Å². The molecule has 21 heavy (non-hydrogen) atoms. The monoisotopic (exact) mass is 312 g/mol. The third-order valence-corrected chi connectivity index (χ3v) is 3.77. The zero-order valence-corrected chi connectivity index (χ0v) is 12.8. The molecule has 5 nitrogen and oxygen atoms in total. The number of hydrogen-bond acceptors (Lipinski definition) is 3. The third-order valence-electron chi connectivity index (χ3n) is 3.53. The van der Waals surface area contributed by atoms with E-state index in [0.29, 0.717) is 36.4 Å². The summed E-state index contributed by atoms with van der Waals surface area (Å²) in [6, 6.07) is 7.03. The van der Waals surface area contributed by atoms with Gasteiger partial charge in [0.2, 0.25) is 0 Å². The number of carbonyl (C=O) groups excluding carboxylic acids is 1. The maximum absolute atomic E-state index is 11.8. The molecule has 0 aliphatic heterocycles. The van der Waals surface area contributed by atoms with E-state index < -0.39 is 0 Å². The number of benzene rings is 1. The summed E-state index contributed by atoms with van der Waals surface area (Å²) < 4.78 is 5.49. The number of urea groups is 1. The first-order valence-corrected chi connectivity index (χ1v) is 7.48. The van der Waals surface area contributed by atoms with Crippen LogP contribution in [-0.2, 0) is 0 Å². The Morgan fingerprint density at radius 3 is 2.95 bits per heavy atom. The van der Waals surface area contributed by atoms with Crippen LogP contribution in [0.1, 0.15) is 12.8 Å². The molecule has 1 aromatic rings. The van der Waals surface area contributed by atoms with Gasteiger partial charge in [-0.3, -0.25) is 0 Å². The first-order valence-electron chi connectivity index (χ1n) is 7.10. The van der Waals surface area contributed by atoms with Crippen molar-refractivity contribution in [1.82, 2.24) is 10.2 Å². The van der Waals surface area contributed by atoms with Crippen LogP contribution < -0.4 is 10.1 Å². The van der Waals surface area contributed by atoms with Crippen LogP contribution in [0.25, 0.3) is 0 Å². The minimum absolute atomic E-state index is 0.119. The summed E-state index contributed by atoms with van der Waals surface area (Å²) in [4.78, 5) is 13.5. The summed E-state index contributed by atoms with van der Waals surface area (Å²) in [5.74, 6) is 1.10. The zero-order valence-electron chi connectivity index (χ0n) is 12.1. The van der Waals surface area contributed by atoms with Gasteiger partial charge in [0.05, 0.1) is 12.6 Å². The summed E-state index contributed by atoms with van der Waals surface area (Å²) in [5, 5.41) is 12.6. The molecule has 1 fully saturated rings. The predicted octanol–water partition coefficient (Wildman–Crippen LogP) is 2.13. The van der Waals surface area contributed by atoms with E-state index in [1.807, 2.05) is 12.1 Å². The van der Waals surface area contributed by atoms with Gasteiger partial charge >= 0.3 is 6.03 Å². The number of ether oxygens (including phenoxy) is 1. The van der Waals surface area contributed by atoms with Crippen molar-refractivity contribution in [3.05, 3.63) is 29.3 Å². The van der Waals surface area contributed by atoms with E-state index in [2.05, 4.69) is 5.32 Å². The number of hydrogen-bond donors (Lipinski definition) is 2. The molecule has 6 heteroatoms. The van der Waals surface area contributed by atoms with E-state index in [1.165, 1.54) is 0 Å². The summed E-state index contributed by atoms with van der Waals surface area (Å²) >= 11 is 5.85. The Morgan fingerprint density at radius 1 is 1.52 bits per heavy atom. The molecule has 0 unspecified atom stereocenters. The lowest BCUT2D eigenvalue weighted by Crippen LogP contribution is -2.44. The molecule has 2 rings (SSSR count). The first kappa shape index (κ1) is 15.9. The average molecular weight is 313 g/mol. The Bertz CT molecular complexity index is 478. The fourth-order valence-corrected chi connectivity index (χ4v) is 2.52. The van der Waals surface area contributed by atoms with E-state index in [1.54, 1.807) is 24.1 Å². The first-order chi connectivity index (χ1) is 10.0. The van der Waals surface area contributed by atoms with Crippen molar-refractivity contribution in [2.45, 2.75) is 18.9 Å². The molecule has 2 amide bonds. The highest BCUT2D eigenvalue weighted by molar-refractivity contribution is 6.30. The van der Waals surface area contributed by atoms with E-state index >= 15 is 0 Å². The summed E-state index contributed by atoms with van der Waals surface area (Å²) in [5.41, 5.74) is 0. The van der Waals surface area contributed by atoms with Crippen LogP contribution in [0.15, 0.2) is 24.3 Å². The quantitative estimate of drug-likeness (QED) is 0.791. The maximum atomic E-state index is 11.8. The zero-order chi connectivity index (χ0) is 15.2. The molecule has 1 aromatic carbocycles. The standard InChI is InChI=1S/C15H21ClN2O3/c1-18(10-11-7-13(19)8-11)15(20)17-5-6-21-14-4-2-3-12(16)9-14/h2-4,9,11,13,19H,5-8,10H2,1H3,(H,17,20). The molecule has 1 aliphatic rings. The molecule has 116 valence electrons. The second-order valence-electron chi connectivity index (χ2n) is 5.41. The van der Waals surface area contributed by atoms with Crippen LogP contribution in [0, 0.1) is 5.92 Å². The van der Waals surface area contributed by atoms with Gasteiger partial charge in [-0.2, -0.15) is 0 Å². The van der Waals surface area contributed by atoms with Crippen LogP contribution in [0.4, 0.5) is 4.79 Å². The number of halogens is 1. The lowest BCUT2D eigenvalue weighted by atomic mass is 9.82. The minimum atomic E-state index is -0.183. The SMILES string of the molecule is CN(CC1CC(O)C1)C(=O)NCCOc1cccc(Cl)c1. The second kappa shape index (κ2) is 7.52. The maximum Gasteiger partial charge on any atom is 0.317 e. The van der Waals surface area contributed by atoms with Gasteiger partial charge in [-0.1, -0.05) is 17.7 Å². The lowest BCUT2D eigenvalue weighted by Gasteiger charge is -2.34. The van der Waals surface area contributed by atoms with Gasteiger partial charge < -0.3 is 20.1 Å². The molecule has 0 bridgehead atoms. The van der Waals surface area contributed by atoms with Crippen molar-refractivity contribution in [3.8, 4) is 5.75 Å². The van der Waals surface area contributed by atoms with Gasteiger partial charge in [0.15, 0.2) is 0 Å². The third kappa shape index (κ3) is 5.10. The largest absolute Gasteiger partial charge is 0.492 e. The van der Waals surface area contributed by atoms with E-state index in [0.717, 1.165) is 12.8 Å². The van der Waals surface area contributed by atoms with Gasteiger partial charge in [-0.05, 0) is 37.0 Å². The van der Waals surface area contributed by atoms with Crippen LogP contribution in [0.5, 0.6) is 5.75 Å². The fourth-order valence-electron chi connectivity index (χ4n) is 2.34. The number of aliphatic hydroxyl groups excluding tert-OH is 1. The molecule has 0 heterocycles. The van der Waals surface area contributed by atoms with E-state index in [9.17, 15) is 9.90 Å². The minimum Gasteiger partial charge on any atom is -0.492 e. The molecule has 1 saturated carbocycles. The summed E-state index contributed by atoms with van der Waals surface area (Å²) in [7, 11) is 1.76. The van der Waals surface area contributed by atoms with Crippen LogP contribution in [0.3, 0.4) is 0 Å². The second-order valence-corrected chi connectivity index (χ2v) is 5.85. The van der Waals surface area contributed by atoms with Gasteiger partial charge in [0, 0.05) is 18.6 Å². The van der Waals surface area contributed by atoms with Crippen molar-refractivity contribution in [2.24, 2.45) is 5.92 Å². The fraction of sp³-hybridized carbons (Fsp3) is 0.533. The Kier molecular flexibility index (Phi) is 5.70.